The van der Waals surface area contributed by atoms with Crippen LogP contribution in [0.15, 0.2) is 48.5 Å². The number of hydrogen-bond donors (Lipinski definition) is 3. The van der Waals surface area contributed by atoms with E-state index in [-0.39, 0.29) is 11.7 Å². The molecule has 1 fully saturated rings. The highest BCUT2D eigenvalue weighted by atomic mass is 16.2. The van der Waals surface area contributed by atoms with Crippen LogP contribution in [-0.4, -0.2) is 44.4 Å². The predicted octanol–water partition coefficient (Wildman–Crippen LogP) is 0.935. The van der Waals surface area contributed by atoms with Crippen molar-refractivity contribution in [2.45, 2.75) is 33.2 Å². The molecule has 1 saturated heterocycles. The molecule has 29 heavy (non-hydrogen) atoms. The van der Waals surface area contributed by atoms with Gasteiger partial charge < -0.3 is 15.1 Å². The van der Waals surface area contributed by atoms with E-state index in [9.17, 15) is 9.59 Å². The Bertz CT molecular complexity index is 820. The Hall–Kier alpha value is -2.50. The molecule has 0 atom stereocenters. The van der Waals surface area contributed by atoms with Crippen molar-refractivity contribution in [3.8, 4) is 0 Å². The van der Waals surface area contributed by atoms with Crippen LogP contribution in [0.2, 0.25) is 0 Å². The van der Waals surface area contributed by atoms with Gasteiger partial charge in [0.2, 0.25) is 0 Å². The zero-order valence-electron chi connectivity index (χ0n) is 17.8. The van der Waals surface area contributed by atoms with Crippen LogP contribution < -0.4 is 15.1 Å². The molecule has 3 rings (SSSR count). The highest BCUT2D eigenvalue weighted by Crippen LogP contribution is 2.14. The first-order valence-corrected chi connectivity index (χ1v) is 10.6. The molecule has 5 heteroatoms. The van der Waals surface area contributed by atoms with Crippen molar-refractivity contribution in [1.29, 1.82) is 0 Å². The molecule has 0 bridgehead atoms. The molecule has 0 aromatic heterocycles. The van der Waals surface area contributed by atoms with Crippen molar-refractivity contribution < 1.29 is 19.4 Å². The second kappa shape index (κ2) is 9.81. The van der Waals surface area contributed by atoms with Crippen LogP contribution in [0.4, 0.5) is 5.69 Å². The Balaban J connectivity index is 1.42. The molecule has 1 aliphatic rings. The number of nitrogens with one attached hydrogen (secondary N) is 3. The van der Waals surface area contributed by atoms with Crippen molar-refractivity contribution >= 4 is 17.4 Å². The molecule has 1 heterocycles. The van der Waals surface area contributed by atoms with Gasteiger partial charge in [0.1, 0.15) is 32.7 Å². The third-order valence-electron chi connectivity index (χ3n) is 5.75. The van der Waals surface area contributed by atoms with E-state index in [1.54, 1.807) is 36.1 Å². The SMILES string of the molecule is CC(=O)c1ccc(NC(=O)C[NH+]2CC[NH+](Cc3ccc(C(C)C)cc3)CC2)cc1. The Labute approximate surface area is 173 Å². The number of Topliss-reactive ketones (excluding diaryl/α,β-unsaturated/α-hetero) is 1. The van der Waals surface area contributed by atoms with Gasteiger partial charge in [-0.25, -0.2) is 0 Å². The summed E-state index contributed by atoms with van der Waals surface area (Å²) < 4.78 is 0. The number of ketones is 1. The molecule has 0 radical (unpaired) electrons. The lowest BCUT2D eigenvalue weighted by molar-refractivity contribution is -1.02. The number of amides is 1. The van der Waals surface area contributed by atoms with Crippen LogP contribution >= 0.6 is 0 Å². The van der Waals surface area contributed by atoms with Gasteiger partial charge in [0.25, 0.3) is 5.91 Å². The summed E-state index contributed by atoms with van der Waals surface area (Å²) in [5.41, 5.74) is 4.18. The molecule has 5 nitrogen and oxygen atoms in total. The number of carbonyl (C=O) groups is 2. The number of piperazine rings is 1. The fourth-order valence-electron chi connectivity index (χ4n) is 3.84. The standard InChI is InChI=1S/C24H31N3O2/c1-18(2)21-6-4-20(5-7-21)16-26-12-14-27(15-13-26)17-24(29)25-23-10-8-22(9-11-23)19(3)28/h4-11,18H,12-17H2,1-3H3,(H,25,29)/p+2. The van der Waals surface area contributed by atoms with Crippen LogP contribution in [0.25, 0.3) is 0 Å². The molecule has 2 aromatic rings. The molecule has 1 amide bonds. The fourth-order valence-corrected chi connectivity index (χ4v) is 3.84. The van der Waals surface area contributed by atoms with E-state index >= 15 is 0 Å². The second-order valence-corrected chi connectivity index (χ2v) is 8.43. The summed E-state index contributed by atoms with van der Waals surface area (Å²) in [6.07, 6.45) is 0. The van der Waals surface area contributed by atoms with E-state index in [0.717, 1.165) is 38.4 Å². The number of hydrogen-bond acceptors (Lipinski definition) is 2. The maximum absolute atomic E-state index is 12.4. The summed E-state index contributed by atoms with van der Waals surface area (Å²) >= 11 is 0. The molecule has 0 unspecified atom stereocenters. The van der Waals surface area contributed by atoms with E-state index in [2.05, 4.69) is 43.4 Å². The Morgan fingerprint density at radius 3 is 2.03 bits per heavy atom. The van der Waals surface area contributed by atoms with Gasteiger partial charge in [0.15, 0.2) is 12.3 Å². The van der Waals surface area contributed by atoms with Crippen LogP contribution in [0.1, 0.15) is 48.2 Å². The number of quaternary nitrogens is 2. The summed E-state index contributed by atoms with van der Waals surface area (Å²) in [6.45, 7) is 11.7. The third-order valence-corrected chi connectivity index (χ3v) is 5.75. The first-order valence-electron chi connectivity index (χ1n) is 10.6. The van der Waals surface area contributed by atoms with E-state index in [0.29, 0.717) is 18.0 Å². The van der Waals surface area contributed by atoms with Crippen molar-refractivity contribution in [2.24, 2.45) is 0 Å². The van der Waals surface area contributed by atoms with Crippen LogP contribution in [0, 0.1) is 0 Å². The van der Waals surface area contributed by atoms with Crippen molar-refractivity contribution in [2.75, 3.05) is 38.0 Å². The van der Waals surface area contributed by atoms with Gasteiger partial charge in [0.05, 0.1) is 0 Å². The molecule has 0 spiro atoms. The molecular weight excluding hydrogens is 362 g/mol. The largest absolute Gasteiger partial charge is 0.322 e. The van der Waals surface area contributed by atoms with E-state index in [4.69, 9.17) is 0 Å². The first kappa shape index (κ1) is 21.2. The molecule has 2 aromatic carbocycles. The van der Waals surface area contributed by atoms with Crippen LogP contribution in [0.5, 0.6) is 0 Å². The first-order chi connectivity index (χ1) is 13.9. The van der Waals surface area contributed by atoms with Gasteiger partial charge in [-0.15, -0.1) is 0 Å². The zero-order chi connectivity index (χ0) is 20.8. The van der Waals surface area contributed by atoms with E-state index in [1.807, 2.05) is 0 Å². The summed E-state index contributed by atoms with van der Waals surface area (Å²) in [6, 6.07) is 16.1. The summed E-state index contributed by atoms with van der Waals surface area (Å²) in [5.74, 6) is 0.633. The van der Waals surface area contributed by atoms with Gasteiger partial charge in [-0.1, -0.05) is 38.1 Å². The van der Waals surface area contributed by atoms with Crippen molar-refractivity contribution in [3.63, 3.8) is 0 Å². The topological polar surface area (TPSA) is 55.0 Å². The average molecular weight is 396 g/mol. The molecule has 0 saturated carbocycles. The number of anilines is 1. The summed E-state index contributed by atoms with van der Waals surface area (Å²) in [5, 5.41) is 2.94. The molecule has 1 aliphatic heterocycles. The molecule has 154 valence electrons. The smallest absolute Gasteiger partial charge is 0.279 e. The third kappa shape index (κ3) is 6.24. The summed E-state index contributed by atoms with van der Waals surface area (Å²) in [7, 11) is 0. The monoisotopic (exact) mass is 395 g/mol. The quantitative estimate of drug-likeness (QED) is 0.611. The van der Waals surface area contributed by atoms with Crippen LogP contribution in [0.3, 0.4) is 0 Å². The van der Waals surface area contributed by atoms with Crippen LogP contribution in [-0.2, 0) is 11.3 Å². The van der Waals surface area contributed by atoms with Gasteiger partial charge >= 0.3 is 0 Å². The lowest BCUT2D eigenvalue weighted by Gasteiger charge is -2.29. The lowest BCUT2D eigenvalue weighted by Crippen LogP contribution is -3.28. The minimum absolute atomic E-state index is 0.0308. The number of rotatable bonds is 7. The van der Waals surface area contributed by atoms with Gasteiger partial charge in [0, 0.05) is 16.8 Å². The minimum atomic E-state index is 0.0308. The highest BCUT2D eigenvalue weighted by Gasteiger charge is 2.24. The van der Waals surface area contributed by atoms with Crippen molar-refractivity contribution in [3.05, 3.63) is 65.2 Å². The fraction of sp³-hybridized carbons (Fsp3) is 0.417. The van der Waals surface area contributed by atoms with E-state index in [1.165, 1.54) is 16.0 Å². The summed E-state index contributed by atoms with van der Waals surface area (Å²) in [4.78, 5) is 26.6. The Morgan fingerprint density at radius 1 is 0.897 bits per heavy atom. The normalized spacial score (nSPS) is 19.2. The maximum atomic E-state index is 12.4. The zero-order valence-corrected chi connectivity index (χ0v) is 17.8. The maximum Gasteiger partial charge on any atom is 0.279 e. The molecular formula is C24H33N3O2+2. The van der Waals surface area contributed by atoms with Crippen molar-refractivity contribution in [1.82, 2.24) is 0 Å². The van der Waals surface area contributed by atoms with E-state index < -0.39 is 0 Å². The number of carbonyl (C=O) groups excluding carboxylic acids is 2. The number of benzene rings is 2. The Morgan fingerprint density at radius 2 is 1.48 bits per heavy atom. The Kier molecular flexibility index (Phi) is 7.18. The molecule has 0 aliphatic carbocycles. The minimum Gasteiger partial charge on any atom is -0.322 e. The average Bonchev–Trinajstić information content (AvgIpc) is 2.70. The molecule has 3 N–H and O–H groups in total. The second-order valence-electron chi connectivity index (χ2n) is 8.43. The van der Waals surface area contributed by atoms with Gasteiger partial charge in [-0.3, -0.25) is 9.59 Å². The lowest BCUT2D eigenvalue weighted by atomic mass is 10.0. The van der Waals surface area contributed by atoms with Gasteiger partial charge in [-0.05, 0) is 42.7 Å². The van der Waals surface area contributed by atoms with Gasteiger partial charge in [-0.2, -0.15) is 0 Å². The highest BCUT2D eigenvalue weighted by molar-refractivity contribution is 5.95. The predicted molar refractivity (Wildman–Crippen MR) is 116 cm³/mol.